The number of alkyl halides is 1. The molecule has 0 heterocycles. The molecule has 0 atom stereocenters. The maximum absolute atomic E-state index is 12.0. The Morgan fingerprint density at radius 3 is 2.50 bits per heavy atom. The topological polar surface area (TPSA) is 29.1 Å². The Kier molecular flexibility index (Phi) is 5.36. The molecule has 2 aromatic carbocycles. The van der Waals surface area contributed by atoms with Gasteiger partial charge in [-0.05, 0) is 36.6 Å². The lowest BCUT2D eigenvalue weighted by Gasteiger charge is -2.07. The quantitative estimate of drug-likeness (QED) is 0.820. The fourth-order valence-corrected chi connectivity index (χ4v) is 2.53. The number of carbonyl (C=O) groups is 1. The van der Waals surface area contributed by atoms with Gasteiger partial charge in [-0.25, -0.2) is 0 Å². The van der Waals surface area contributed by atoms with Gasteiger partial charge in [-0.2, -0.15) is 0 Å². The van der Waals surface area contributed by atoms with Crippen molar-refractivity contribution in [3.63, 3.8) is 0 Å². The van der Waals surface area contributed by atoms with Crippen LogP contribution in [0.2, 0.25) is 0 Å². The van der Waals surface area contributed by atoms with E-state index in [2.05, 4.69) is 21.2 Å². The van der Waals surface area contributed by atoms with E-state index in [9.17, 15) is 4.79 Å². The number of carbonyl (C=O) groups excluding carboxylic acids is 1. The second-order valence-electron chi connectivity index (χ2n) is 4.85. The molecule has 0 saturated carbocycles. The van der Waals surface area contributed by atoms with E-state index in [4.69, 9.17) is 0 Å². The van der Waals surface area contributed by atoms with Gasteiger partial charge in [0.25, 0.3) is 0 Å². The number of amides is 1. The van der Waals surface area contributed by atoms with E-state index < -0.39 is 0 Å². The van der Waals surface area contributed by atoms with Crippen molar-refractivity contribution in [1.82, 2.24) is 0 Å². The Morgan fingerprint density at radius 1 is 1.10 bits per heavy atom. The number of nitrogens with one attached hydrogen (secondary N) is 1. The van der Waals surface area contributed by atoms with Crippen LogP contribution >= 0.6 is 15.9 Å². The molecule has 0 aliphatic heterocycles. The van der Waals surface area contributed by atoms with Crippen LogP contribution in [0.1, 0.15) is 16.7 Å². The molecule has 104 valence electrons. The average Bonchev–Trinajstić information content (AvgIpc) is 2.41. The lowest BCUT2D eigenvalue weighted by molar-refractivity contribution is -0.115. The predicted molar refractivity (Wildman–Crippen MR) is 87.5 cm³/mol. The van der Waals surface area contributed by atoms with Crippen molar-refractivity contribution in [2.24, 2.45) is 0 Å². The lowest BCUT2D eigenvalue weighted by atomic mass is 10.1. The SMILES string of the molecule is Cc1cccc(CC(=O)Nc2ccc(CCBr)cc2)c1. The minimum Gasteiger partial charge on any atom is -0.326 e. The van der Waals surface area contributed by atoms with E-state index >= 15 is 0 Å². The molecule has 0 fully saturated rings. The molecule has 1 N–H and O–H groups in total. The average molecular weight is 332 g/mol. The van der Waals surface area contributed by atoms with Gasteiger partial charge >= 0.3 is 0 Å². The highest BCUT2D eigenvalue weighted by molar-refractivity contribution is 9.09. The van der Waals surface area contributed by atoms with E-state index in [1.165, 1.54) is 11.1 Å². The lowest BCUT2D eigenvalue weighted by Crippen LogP contribution is -2.14. The van der Waals surface area contributed by atoms with Gasteiger partial charge in [0, 0.05) is 11.0 Å². The molecule has 2 rings (SSSR count). The first-order valence-electron chi connectivity index (χ1n) is 6.67. The number of hydrogen-bond donors (Lipinski definition) is 1. The number of anilines is 1. The van der Waals surface area contributed by atoms with Crippen LogP contribution in [0.5, 0.6) is 0 Å². The highest BCUT2D eigenvalue weighted by Crippen LogP contribution is 2.12. The van der Waals surface area contributed by atoms with E-state index in [0.29, 0.717) is 6.42 Å². The molecule has 0 aliphatic rings. The third-order valence-corrected chi connectivity index (χ3v) is 3.46. The van der Waals surface area contributed by atoms with Gasteiger partial charge in [-0.3, -0.25) is 4.79 Å². The summed E-state index contributed by atoms with van der Waals surface area (Å²) in [5, 5.41) is 3.88. The van der Waals surface area contributed by atoms with Gasteiger partial charge in [0.1, 0.15) is 0 Å². The molecule has 1 amide bonds. The van der Waals surface area contributed by atoms with Crippen molar-refractivity contribution < 1.29 is 4.79 Å². The highest BCUT2D eigenvalue weighted by atomic mass is 79.9. The summed E-state index contributed by atoms with van der Waals surface area (Å²) < 4.78 is 0. The summed E-state index contributed by atoms with van der Waals surface area (Å²) in [4.78, 5) is 12.0. The zero-order valence-corrected chi connectivity index (χ0v) is 13.1. The molecule has 2 nitrogen and oxygen atoms in total. The fraction of sp³-hybridized carbons (Fsp3) is 0.235. The predicted octanol–water partition coefficient (Wildman–Crippen LogP) is 4.11. The van der Waals surface area contributed by atoms with Crippen LogP contribution < -0.4 is 5.32 Å². The summed E-state index contributed by atoms with van der Waals surface area (Å²) in [5.41, 5.74) is 4.33. The monoisotopic (exact) mass is 331 g/mol. The standard InChI is InChI=1S/C17H18BrNO/c1-13-3-2-4-15(11-13)12-17(20)19-16-7-5-14(6-8-16)9-10-18/h2-8,11H,9-10,12H2,1H3,(H,19,20). The Hall–Kier alpha value is -1.61. The van der Waals surface area contributed by atoms with Crippen LogP contribution in [0.4, 0.5) is 5.69 Å². The number of rotatable bonds is 5. The molecule has 0 radical (unpaired) electrons. The summed E-state index contributed by atoms with van der Waals surface area (Å²) in [6.07, 6.45) is 1.41. The van der Waals surface area contributed by atoms with Crippen LogP contribution in [0.15, 0.2) is 48.5 Å². The van der Waals surface area contributed by atoms with E-state index in [1.54, 1.807) is 0 Å². The van der Waals surface area contributed by atoms with Crippen LogP contribution in [-0.2, 0) is 17.6 Å². The van der Waals surface area contributed by atoms with Gasteiger partial charge in [0.2, 0.25) is 5.91 Å². The maximum atomic E-state index is 12.0. The first-order chi connectivity index (χ1) is 9.67. The minimum absolute atomic E-state index is 0.0174. The summed E-state index contributed by atoms with van der Waals surface area (Å²) >= 11 is 3.42. The van der Waals surface area contributed by atoms with Crippen molar-refractivity contribution in [1.29, 1.82) is 0 Å². The fourth-order valence-electron chi connectivity index (χ4n) is 2.08. The van der Waals surface area contributed by atoms with Gasteiger partial charge in [-0.15, -0.1) is 0 Å². The van der Waals surface area contributed by atoms with Gasteiger partial charge in [0.05, 0.1) is 6.42 Å². The normalized spacial score (nSPS) is 10.3. The molecular weight excluding hydrogens is 314 g/mol. The molecular formula is C17H18BrNO. The Labute approximate surface area is 128 Å². The van der Waals surface area contributed by atoms with Crippen molar-refractivity contribution in [2.45, 2.75) is 19.8 Å². The molecule has 0 bridgehead atoms. The first kappa shape index (κ1) is 14.8. The van der Waals surface area contributed by atoms with Crippen LogP contribution in [0, 0.1) is 6.92 Å². The second-order valence-corrected chi connectivity index (χ2v) is 5.64. The largest absolute Gasteiger partial charge is 0.326 e. The second kappa shape index (κ2) is 7.25. The summed E-state index contributed by atoms with van der Waals surface area (Å²) in [6, 6.07) is 16.0. The van der Waals surface area contributed by atoms with Gasteiger partial charge in [-0.1, -0.05) is 57.9 Å². The number of aryl methyl sites for hydroxylation is 2. The third kappa shape index (κ3) is 4.49. The number of halogens is 1. The Balaban J connectivity index is 1.94. The highest BCUT2D eigenvalue weighted by Gasteiger charge is 2.04. The molecule has 0 spiro atoms. The zero-order chi connectivity index (χ0) is 14.4. The smallest absolute Gasteiger partial charge is 0.228 e. The Bertz CT molecular complexity index is 578. The summed E-state index contributed by atoms with van der Waals surface area (Å²) in [6.45, 7) is 2.03. The first-order valence-corrected chi connectivity index (χ1v) is 7.80. The minimum atomic E-state index is 0.0174. The van der Waals surface area contributed by atoms with Gasteiger partial charge < -0.3 is 5.32 Å². The van der Waals surface area contributed by atoms with Crippen molar-refractivity contribution >= 4 is 27.5 Å². The van der Waals surface area contributed by atoms with Crippen molar-refractivity contribution in [3.8, 4) is 0 Å². The third-order valence-electron chi connectivity index (χ3n) is 3.07. The summed E-state index contributed by atoms with van der Waals surface area (Å²) in [5.74, 6) is 0.0174. The molecule has 0 aromatic heterocycles. The zero-order valence-electron chi connectivity index (χ0n) is 11.5. The van der Waals surface area contributed by atoms with Crippen molar-refractivity contribution in [2.75, 3.05) is 10.6 Å². The molecule has 0 unspecified atom stereocenters. The van der Waals surface area contributed by atoms with E-state index in [0.717, 1.165) is 23.0 Å². The van der Waals surface area contributed by atoms with Crippen LogP contribution in [0.25, 0.3) is 0 Å². The van der Waals surface area contributed by atoms with E-state index in [1.807, 2.05) is 55.5 Å². The van der Waals surface area contributed by atoms with E-state index in [-0.39, 0.29) is 5.91 Å². The number of benzene rings is 2. The Morgan fingerprint density at radius 2 is 1.85 bits per heavy atom. The molecule has 3 heteroatoms. The summed E-state index contributed by atoms with van der Waals surface area (Å²) in [7, 11) is 0. The molecule has 0 aliphatic carbocycles. The van der Waals surface area contributed by atoms with Crippen LogP contribution in [0.3, 0.4) is 0 Å². The van der Waals surface area contributed by atoms with Gasteiger partial charge in [0.15, 0.2) is 0 Å². The van der Waals surface area contributed by atoms with Crippen molar-refractivity contribution in [3.05, 3.63) is 65.2 Å². The molecule has 20 heavy (non-hydrogen) atoms. The van der Waals surface area contributed by atoms with Crippen LogP contribution in [-0.4, -0.2) is 11.2 Å². The number of hydrogen-bond acceptors (Lipinski definition) is 1. The molecule has 2 aromatic rings. The maximum Gasteiger partial charge on any atom is 0.228 e. The molecule has 0 saturated heterocycles.